The Balaban J connectivity index is 2.37. The molecule has 0 spiro atoms. The number of carbonyl (C=O) groups excluding carboxylic acids is 2. The maximum atomic E-state index is 12.5. The van der Waals surface area contributed by atoms with Gasteiger partial charge in [0, 0.05) is 18.8 Å². The summed E-state index contributed by atoms with van der Waals surface area (Å²) in [5, 5.41) is 31.2. The number of ether oxygens (including phenoxy) is 2. The smallest absolute Gasteiger partial charge is 0.462 e. The maximum Gasteiger partial charge on any atom is 0.469 e. The normalized spacial score (nSPS) is 20.8. The van der Waals surface area contributed by atoms with E-state index < -0.39 is 57.4 Å². The van der Waals surface area contributed by atoms with Gasteiger partial charge in [0.05, 0.1) is 31.3 Å². The molecule has 0 aromatic rings. The summed E-state index contributed by atoms with van der Waals surface area (Å²) in [4.78, 5) is 43.0. The van der Waals surface area contributed by atoms with Crippen LogP contribution in [0.1, 0.15) is 142 Å². The van der Waals surface area contributed by atoms with Crippen LogP contribution in [-0.4, -0.2) is 74.7 Å². The lowest BCUT2D eigenvalue weighted by Gasteiger charge is -2.20. The lowest BCUT2D eigenvalue weighted by atomic mass is 9.89. The van der Waals surface area contributed by atoms with Crippen molar-refractivity contribution in [2.24, 2.45) is 11.8 Å². The maximum absolute atomic E-state index is 12.5. The zero-order valence-electron chi connectivity index (χ0n) is 31.8. The second-order valence-electron chi connectivity index (χ2n) is 13.9. The van der Waals surface area contributed by atoms with E-state index in [0.29, 0.717) is 19.3 Å². The van der Waals surface area contributed by atoms with Crippen LogP contribution in [0.15, 0.2) is 48.6 Å². The molecule has 1 saturated carbocycles. The van der Waals surface area contributed by atoms with Crippen LogP contribution >= 0.6 is 7.82 Å². The van der Waals surface area contributed by atoms with Crippen LogP contribution in [0.25, 0.3) is 0 Å². The highest BCUT2D eigenvalue weighted by Gasteiger charge is 2.39. The van der Waals surface area contributed by atoms with Gasteiger partial charge >= 0.3 is 19.8 Å². The summed E-state index contributed by atoms with van der Waals surface area (Å²) in [7, 11) is -4.85. The number of rotatable bonds is 31. The van der Waals surface area contributed by atoms with E-state index in [1.807, 2.05) is 0 Å². The van der Waals surface area contributed by atoms with Crippen molar-refractivity contribution >= 4 is 19.8 Å². The number of unbranched alkanes of at least 4 members (excludes halogenated alkanes) is 11. The molecule has 1 rings (SSSR count). The number of allylic oxidation sites excluding steroid dienone is 5. The molecule has 0 aromatic heterocycles. The van der Waals surface area contributed by atoms with Gasteiger partial charge < -0.3 is 34.6 Å². The Labute approximate surface area is 312 Å². The molecule has 300 valence electrons. The van der Waals surface area contributed by atoms with Crippen LogP contribution in [0.4, 0.5) is 0 Å². The molecule has 0 aromatic carbocycles. The zero-order chi connectivity index (χ0) is 38.5. The van der Waals surface area contributed by atoms with Crippen molar-refractivity contribution in [3.8, 4) is 0 Å². The molecule has 11 nitrogen and oxygen atoms in total. The fourth-order valence-electron chi connectivity index (χ4n) is 6.14. The monoisotopic (exact) mass is 756 g/mol. The van der Waals surface area contributed by atoms with Gasteiger partial charge in [-0.25, -0.2) is 4.57 Å². The largest absolute Gasteiger partial charge is 0.469 e. The molecule has 0 heterocycles. The van der Waals surface area contributed by atoms with Crippen molar-refractivity contribution < 1.29 is 53.3 Å². The molecule has 5 N–H and O–H groups in total. The summed E-state index contributed by atoms with van der Waals surface area (Å²) in [6.07, 6.45) is 29.6. The Morgan fingerprint density at radius 1 is 0.769 bits per heavy atom. The number of hydrogen-bond donors (Lipinski definition) is 5. The third kappa shape index (κ3) is 25.8. The first-order valence-corrected chi connectivity index (χ1v) is 21.2. The summed E-state index contributed by atoms with van der Waals surface area (Å²) in [6.45, 7) is 3.25. The van der Waals surface area contributed by atoms with Gasteiger partial charge in [-0.1, -0.05) is 120 Å². The second kappa shape index (κ2) is 30.2. The summed E-state index contributed by atoms with van der Waals surface area (Å²) >= 11 is 0. The molecule has 0 amide bonds. The van der Waals surface area contributed by atoms with Crippen LogP contribution in [0, 0.1) is 11.8 Å². The van der Waals surface area contributed by atoms with E-state index in [9.17, 15) is 29.5 Å². The molecule has 52 heavy (non-hydrogen) atoms. The third-order valence-corrected chi connectivity index (χ3v) is 9.66. The molecule has 0 radical (unpaired) electrons. The predicted octanol–water partition coefficient (Wildman–Crippen LogP) is 7.95. The van der Waals surface area contributed by atoms with E-state index in [4.69, 9.17) is 19.3 Å². The minimum Gasteiger partial charge on any atom is -0.462 e. The fourth-order valence-corrected chi connectivity index (χ4v) is 6.50. The summed E-state index contributed by atoms with van der Waals surface area (Å²) in [5.41, 5.74) is 0. The van der Waals surface area contributed by atoms with Crippen molar-refractivity contribution in [3.63, 3.8) is 0 Å². The van der Waals surface area contributed by atoms with Gasteiger partial charge in [0.2, 0.25) is 0 Å². The summed E-state index contributed by atoms with van der Waals surface area (Å²) in [6, 6.07) is 0. The molecule has 0 bridgehead atoms. The number of carbonyl (C=O) groups is 2. The fraction of sp³-hybridized carbons (Fsp3) is 0.750. The minimum atomic E-state index is -4.85. The Kier molecular flexibility index (Phi) is 27.9. The number of phosphoric ester groups is 1. The van der Waals surface area contributed by atoms with Gasteiger partial charge in [0.15, 0.2) is 6.10 Å². The number of hydrogen-bond acceptors (Lipinski definition) is 9. The first kappa shape index (κ1) is 47.9. The van der Waals surface area contributed by atoms with Crippen molar-refractivity contribution in [2.75, 3.05) is 13.2 Å². The van der Waals surface area contributed by atoms with E-state index >= 15 is 0 Å². The Hall–Kier alpha value is -2.11. The minimum absolute atomic E-state index is 0.171. The Bertz CT molecular complexity index is 1100. The van der Waals surface area contributed by atoms with E-state index in [-0.39, 0.29) is 31.1 Å². The van der Waals surface area contributed by atoms with Gasteiger partial charge in [-0.05, 0) is 57.3 Å². The molecule has 1 fully saturated rings. The van der Waals surface area contributed by atoms with Crippen LogP contribution in [0.2, 0.25) is 0 Å². The number of aliphatic hydroxyl groups is 3. The lowest BCUT2D eigenvalue weighted by molar-refractivity contribution is -0.160. The molecule has 0 aliphatic heterocycles. The van der Waals surface area contributed by atoms with Crippen molar-refractivity contribution in [2.45, 2.75) is 167 Å². The summed E-state index contributed by atoms with van der Waals surface area (Å²) in [5.74, 6) is -1.84. The molecule has 12 heteroatoms. The second-order valence-corrected chi connectivity index (χ2v) is 15.1. The van der Waals surface area contributed by atoms with Gasteiger partial charge in [-0.3, -0.25) is 14.1 Å². The molecule has 6 atom stereocenters. The van der Waals surface area contributed by atoms with Gasteiger partial charge in [0.1, 0.15) is 6.61 Å². The highest BCUT2D eigenvalue weighted by molar-refractivity contribution is 7.46. The quantitative estimate of drug-likeness (QED) is 0.0201. The number of aliphatic hydroxyl groups excluding tert-OH is 3. The Morgan fingerprint density at radius 3 is 2.08 bits per heavy atom. The van der Waals surface area contributed by atoms with Crippen LogP contribution in [0.3, 0.4) is 0 Å². The molecular formula is C40H69O11P. The van der Waals surface area contributed by atoms with Crippen LogP contribution in [0.5, 0.6) is 0 Å². The first-order valence-electron chi connectivity index (χ1n) is 19.7. The molecule has 1 aliphatic carbocycles. The third-order valence-electron chi connectivity index (χ3n) is 9.17. The van der Waals surface area contributed by atoms with Gasteiger partial charge in [-0.2, -0.15) is 0 Å². The van der Waals surface area contributed by atoms with Crippen LogP contribution < -0.4 is 0 Å². The van der Waals surface area contributed by atoms with E-state index in [1.165, 1.54) is 19.3 Å². The van der Waals surface area contributed by atoms with Gasteiger partial charge in [-0.15, -0.1) is 0 Å². The van der Waals surface area contributed by atoms with E-state index in [2.05, 4.69) is 42.7 Å². The highest BCUT2D eigenvalue weighted by Crippen LogP contribution is 2.37. The Morgan fingerprint density at radius 2 is 1.40 bits per heavy atom. The summed E-state index contributed by atoms with van der Waals surface area (Å²) < 4.78 is 26.3. The van der Waals surface area contributed by atoms with E-state index in [0.717, 1.165) is 70.6 Å². The van der Waals surface area contributed by atoms with Gasteiger partial charge in [0.25, 0.3) is 0 Å². The average Bonchev–Trinajstić information content (AvgIpc) is 3.37. The zero-order valence-corrected chi connectivity index (χ0v) is 32.7. The molecule has 0 unspecified atom stereocenters. The number of esters is 2. The van der Waals surface area contributed by atoms with Crippen LogP contribution in [-0.2, 0) is 28.2 Å². The first-order chi connectivity index (χ1) is 25.0. The van der Waals surface area contributed by atoms with Crippen molar-refractivity contribution in [3.05, 3.63) is 48.6 Å². The van der Waals surface area contributed by atoms with Crippen molar-refractivity contribution in [1.29, 1.82) is 0 Å². The topological polar surface area (TPSA) is 180 Å². The molecular weight excluding hydrogens is 687 g/mol. The predicted molar refractivity (Wildman–Crippen MR) is 204 cm³/mol. The molecule has 0 saturated heterocycles. The van der Waals surface area contributed by atoms with Crippen molar-refractivity contribution in [1.82, 2.24) is 0 Å². The lowest BCUT2D eigenvalue weighted by Crippen LogP contribution is -2.29. The van der Waals surface area contributed by atoms with E-state index in [1.54, 1.807) is 24.3 Å². The number of phosphoric acid groups is 1. The standard InChI is InChI=1S/C40H69O11P/c1-3-5-7-8-9-10-11-12-13-14-15-16-17-18-19-21-26-39(44)49-31-34(32-50-52(46,47)48)51-40(45)27-23-22-25-35-36(38(43)30-37(35)42)29-28-33(41)24-20-6-4-2/h9-10,12-13,22-23,28-29,33-38,41-43H,3-8,11,14-21,24-27,30-32H2,1-2H3,(H2,46,47,48)/b10-9-,13-12-,23-22-,29-28+/t33-,34-,35+,36-,37+,38-/m1/s1. The SMILES string of the molecule is CCCCC/C=C\C/C=C\CCCCCCCCC(=O)OC[C@H](COP(=O)(O)O)OC(=O)C/C=C\C[C@H]1[C@@H](/C=C/[C@H](O)CCCCC)[C@H](O)C[C@@H]1O. The highest BCUT2D eigenvalue weighted by atomic mass is 31.2. The molecule has 1 aliphatic rings. The average molecular weight is 757 g/mol.